The number of carbonyl (C=O) groups is 2. The summed E-state index contributed by atoms with van der Waals surface area (Å²) in [6.45, 7) is 0.338. The third-order valence-corrected chi connectivity index (χ3v) is 0.697. The van der Waals surface area contributed by atoms with Crippen molar-refractivity contribution in [2.75, 3.05) is 13.1 Å². The van der Waals surface area contributed by atoms with Crippen LogP contribution in [0.1, 0.15) is 12.8 Å². The third-order valence-electron chi connectivity index (χ3n) is 0.697. The van der Waals surface area contributed by atoms with E-state index < -0.39 is 11.9 Å². The number of carboxylic acids is 2. The molecule has 0 saturated heterocycles. The van der Waals surface area contributed by atoms with E-state index >= 15 is 0 Å². The number of hydrogen-bond acceptors (Lipinski definition) is 6. The molecule has 0 radical (unpaired) electrons. The monoisotopic (exact) mass is 254 g/mol. The molecule has 0 aromatic rings. The normalized spacial score (nSPS) is 7.00. The summed E-state index contributed by atoms with van der Waals surface area (Å²) in [4.78, 5) is 18.8. The van der Waals surface area contributed by atoms with Crippen LogP contribution in [0.2, 0.25) is 0 Å². The van der Waals surface area contributed by atoms with E-state index in [1.54, 1.807) is 0 Å². The van der Waals surface area contributed by atoms with Crippen molar-refractivity contribution in [3.05, 3.63) is 0 Å². The fourth-order valence-corrected chi connectivity index (χ4v) is 0.236. The van der Waals surface area contributed by atoms with Crippen LogP contribution in [-0.4, -0.2) is 25.0 Å². The number of rotatable bonds is 4. The second-order valence-corrected chi connectivity index (χ2v) is 1.82. The SMILES string of the molecule is NCCC(=O)[O-].NCCC(=O)[O-].[K+].[K+]. The predicted octanol–water partition coefficient (Wildman–Crippen LogP) is -9.82. The largest absolute Gasteiger partial charge is 1.00 e. The molecule has 0 aromatic carbocycles. The van der Waals surface area contributed by atoms with Crippen LogP contribution >= 0.6 is 0 Å². The molecule has 0 fully saturated rings. The van der Waals surface area contributed by atoms with Crippen molar-refractivity contribution in [2.45, 2.75) is 12.8 Å². The molecule has 0 spiro atoms. The van der Waals surface area contributed by atoms with Gasteiger partial charge in [-0.2, -0.15) is 0 Å². The molecule has 0 heterocycles. The second-order valence-electron chi connectivity index (χ2n) is 1.82. The summed E-state index contributed by atoms with van der Waals surface area (Å²) in [7, 11) is 0. The quantitative estimate of drug-likeness (QED) is 0.479. The molecule has 6 nitrogen and oxygen atoms in total. The van der Waals surface area contributed by atoms with E-state index in [-0.39, 0.29) is 129 Å². The van der Waals surface area contributed by atoms with Gasteiger partial charge in [-0.1, -0.05) is 0 Å². The van der Waals surface area contributed by atoms with Gasteiger partial charge in [0.2, 0.25) is 0 Å². The minimum atomic E-state index is -1.09. The standard InChI is InChI=1S/2C3H7NO2.2K/c2*4-2-1-3(5)6;;/h2*1-2,4H2,(H,5,6);;/q;;2*+1/p-2. The van der Waals surface area contributed by atoms with Gasteiger partial charge in [-0.15, -0.1) is 0 Å². The number of carboxylic acid groups (broad SMARTS) is 2. The first-order valence-electron chi connectivity index (χ1n) is 3.34. The van der Waals surface area contributed by atoms with Crippen LogP contribution < -0.4 is 124 Å². The van der Waals surface area contributed by atoms with Gasteiger partial charge in [-0.05, 0) is 25.9 Å². The van der Waals surface area contributed by atoms with Crippen LogP contribution in [-0.2, 0) is 9.59 Å². The summed E-state index contributed by atoms with van der Waals surface area (Å²) in [6, 6.07) is 0. The first kappa shape index (κ1) is 25.1. The zero-order chi connectivity index (χ0) is 9.98. The van der Waals surface area contributed by atoms with Gasteiger partial charge in [0.25, 0.3) is 0 Å². The van der Waals surface area contributed by atoms with Crippen molar-refractivity contribution in [1.82, 2.24) is 0 Å². The molecule has 0 aliphatic rings. The van der Waals surface area contributed by atoms with Crippen molar-refractivity contribution in [3.8, 4) is 0 Å². The molecule has 4 N–H and O–H groups in total. The summed E-state index contributed by atoms with van der Waals surface area (Å²) in [5, 5.41) is 18.8. The predicted molar refractivity (Wildman–Crippen MR) is 37.4 cm³/mol. The molecule has 72 valence electrons. The molecular weight excluding hydrogens is 242 g/mol. The first-order valence-corrected chi connectivity index (χ1v) is 3.34. The maximum atomic E-state index is 9.41. The molecule has 0 aromatic heterocycles. The Kier molecular flexibility index (Phi) is 36.8. The van der Waals surface area contributed by atoms with Crippen LogP contribution in [0, 0.1) is 0 Å². The number of hydrogen-bond donors (Lipinski definition) is 2. The van der Waals surface area contributed by atoms with E-state index in [0.29, 0.717) is 0 Å². The maximum Gasteiger partial charge on any atom is 1.00 e. The Morgan fingerprint density at radius 2 is 1.07 bits per heavy atom. The van der Waals surface area contributed by atoms with E-state index in [9.17, 15) is 19.8 Å². The smallest absolute Gasteiger partial charge is 0.550 e. The van der Waals surface area contributed by atoms with Crippen molar-refractivity contribution in [2.24, 2.45) is 11.5 Å². The van der Waals surface area contributed by atoms with Crippen molar-refractivity contribution < 1.29 is 123 Å². The van der Waals surface area contributed by atoms with Gasteiger partial charge in [0, 0.05) is 11.9 Å². The molecule has 0 amide bonds. The van der Waals surface area contributed by atoms with E-state index in [1.807, 2.05) is 0 Å². The number of aliphatic carboxylic acids is 2. The number of nitrogens with two attached hydrogens (primary N) is 2. The summed E-state index contributed by atoms with van der Waals surface area (Å²) in [5.41, 5.74) is 9.62. The zero-order valence-corrected chi connectivity index (χ0v) is 14.9. The molecule has 0 bridgehead atoms. The Labute approximate surface area is 168 Å². The van der Waals surface area contributed by atoms with Crippen LogP contribution in [0.15, 0.2) is 0 Å². The first-order chi connectivity index (χ1) is 5.54. The van der Waals surface area contributed by atoms with E-state index in [1.165, 1.54) is 0 Å². The molecule has 8 heteroatoms. The van der Waals surface area contributed by atoms with Gasteiger partial charge in [0.05, 0.1) is 0 Å². The Morgan fingerprint density at radius 3 is 1.07 bits per heavy atom. The minimum Gasteiger partial charge on any atom is -0.550 e. The van der Waals surface area contributed by atoms with Crippen LogP contribution in [0.4, 0.5) is 0 Å². The molecule has 14 heavy (non-hydrogen) atoms. The molecule has 0 atom stereocenters. The summed E-state index contributed by atoms with van der Waals surface area (Å²) < 4.78 is 0. The number of carbonyl (C=O) groups excluding carboxylic acids is 2. The van der Waals surface area contributed by atoms with Gasteiger partial charge >= 0.3 is 103 Å². The minimum absolute atomic E-state index is 0. The Balaban J connectivity index is -0.0000000625. The molecule has 0 rings (SSSR count). The average Bonchev–Trinajstić information content (AvgIpc) is 1.87. The Bertz CT molecular complexity index is 130. The molecule has 0 aliphatic carbocycles. The summed E-state index contributed by atoms with van der Waals surface area (Å²) in [6.07, 6.45) is -0.0833. The van der Waals surface area contributed by atoms with Crippen LogP contribution in [0.5, 0.6) is 0 Å². The maximum absolute atomic E-state index is 9.41. The van der Waals surface area contributed by atoms with Gasteiger partial charge in [0.15, 0.2) is 0 Å². The second kappa shape index (κ2) is 20.5. The summed E-state index contributed by atoms with van der Waals surface area (Å²) >= 11 is 0. The molecular formula is C6H12K2N2O4. The zero-order valence-electron chi connectivity index (χ0n) is 8.62. The fourth-order valence-electron chi connectivity index (χ4n) is 0.236. The summed E-state index contributed by atoms with van der Waals surface area (Å²) in [5.74, 6) is -2.17. The van der Waals surface area contributed by atoms with Crippen LogP contribution in [0.3, 0.4) is 0 Å². The average molecular weight is 254 g/mol. The van der Waals surface area contributed by atoms with Gasteiger partial charge < -0.3 is 31.3 Å². The van der Waals surface area contributed by atoms with Gasteiger partial charge in [0.1, 0.15) is 0 Å². The third kappa shape index (κ3) is 36.9. The molecule has 0 saturated carbocycles. The fraction of sp³-hybridized carbons (Fsp3) is 0.667. The Morgan fingerprint density at radius 1 is 0.857 bits per heavy atom. The van der Waals surface area contributed by atoms with E-state index in [2.05, 4.69) is 0 Å². The van der Waals surface area contributed by atoms with Crippen molar-refractivity contribution in [1.29, 1.82) is 0 Å². The topological polar surface area (TPSA) is 132 Å². The Hall–Kier alpha value is 2.13. The molecule has 0 aliphatic heterocycles. The van der Waals surface area contributed by atoms with Crippen molar-refractivity contribution in [3.63, 3.8) is 0 Å². The van der Waals surface area contributed by atoms with Crippen molar-refractivity contribution >= 4 is 11.9 Å². The van der Waals surface area contributed by atoms with E-state index in [4.69, 9.17) is 11.5 Å². The molecule has 0 unspecified atom stereocenters. The van der Waals surface area contributed by atoms with Gasteiger partial charge in [-0.3, -0.25) is 0 Å². The van der Waals surface area contributed by atoms with Gasteiger partial charge in [-0.25, -0.2) is 0 Å². The van der Waals surface area contributed by atoms with Crippen LogP contribution in [0.25, 0.3) is 0 Å². The van der Waals surface area contributed by atoms with E-state index in [0.717, 1.165) is 0 Å².